The van der Waals surface area contributed by atoms with Crippen molar-refractivity contribution in [3.8, 4) is 5.75 Å². The van der Waals surface area contributed by atoms with E-state index in [1.807, 2.05) is 14.0 Å². The van der Waals surface area contributed by atoms with Crippen LogP contribution in [0, 0.1) is 13.8 Å². The summed E-state index contributed by atoms with van der Waals surface area (Å²) in [5.41, 5.74) is 3.39. The van der Waals surface area contributed by atoms with Crippen molar-refractivity contribution in [1.29, 1.82) is 0 Å². The summed E-state index contributed by atoms with van der Waals surface area (Å²) in [6, 6.07) is 2.16. The molecule has 0 saturated carbocycles. The lowest BCUT2D eigenvalue weighted by Gasteiger charge is -2.08. The van der Waals surface area contributed by atoms with Crippen LogP contribution in [0.3, 0.4) is 0 Å². The molecule has 86 valence electrons. The molecule has 0 atom stereocenters. The van der Waals surface area contributed by atoms with Crippen LogP contribution in [0.25, 0.3) is 10.2 Å². The summed E-state index contributed by atoms with van der Waals surface area (Å²) in [6.45, 7) is 6.85. The maximum absolute atomic E-state index is 5.68. The second kappa shape index (κ2) is 4.29. The molecule has 1 heterocycles. The van der Waals surface area contributed by atoms with Gasteiger partial charge in [0.1, 0.15) is 11.3 Å². The van der Waals surface area contributed by atoms with E-state index >= 15 is 0 Å². The molecule has 1 aromatic carbocycles. The molecule has 16 heavy (non-hydrogen) atoms. The number of benzene rings is 1. The molecule has 2 rings (SSSR count). The Morgan fingerprint density at radius 3 is 2.75 bits per heavy atom. The van der Waals surface area contributed by atoms with Crippen LogP contribution in [0.2, 0.25) is 0 Å². The summed E-state index contributed by atoms with van der Waals surface area (Å²) in [5, 5.41) is 4.02. The predicted molar refractivity (Wildman–Crippen MR) is 69.8 cm³/mol. The van der Waals surface area contributed by atoms with Gasteiger partial charge in [0.25, 0.3) is 0 Å². The highest BCUT2D eigenvalue weighted by atomic mass is 32.1. The highest BCUT2D eigenvalue weighted by molar-refractivity contribution is 7.22. The van der Waals surface area contributed by atoms with Crippen molar-refractivity contribution in [3.63, 3.8) is 0 Å². The van der Waals surface area contributed by atoms with Crippen molar-refractivity contribution in [3.05, 3.63) is 17.2 Å². The van der Waals surface area contributed by atoms with Crippen LogP contribution in [0.4, 0.5) is 5.13 Å². The van der Waals surface area contributed by atoms with Gasteiger partial charge in [0.05, 0.1) is 11.3 Å². The van der Waals surface area contributed by atoms with Gasteiger partial charge in [-0.05, 0) is 31.9 Å². The molecule has 2 aromatic rings. The molecule has 1 N–H and O–H groups in total. The molecular weight excluding hydrogens is 220 g/mol. The monoisotopic (exact) mass is 236 g/mol. The Labute approximate surface area is 99.5 Å². The lowest BCUT2D eigenvalue weighted by molar-refractivity contribution is 0.341. The maximum Gasteiger partial charge on any atom is 0.183 e. The number of aromatic nitrogens is 1. The number of rotatable bonds is 3. The van der Waals surface area contributed by atoms with Crippen LogP contribution in [-0.2, 0) is 0 Å². The van der Waals surface area contributed by atoms with E-state index in [1.165, 1.54) is 10.3 Å². The predicted octanol–water partition coefficient (Wildman–Crippen LogP) is 3.35. The molecule has 0 aliphatic carbocycles. The lowest BCUT2D eigenvalue weighted by Crippen LogP contribution is -1.96. The van der Waals surface area contributed by atoms with E-state index in [-0.39, 0.29) is 0 Å². The normalized spacial score (nSPS) is 10.8. The average molecular weight is 236 g/mol. The Morgan fingerprint density at radius 2 is 2.12 bits per heavy atom. The van der Waals surface area contributed by atoms with E-state index in [1.54, 1.807) is 11.3 Å². The van der Waals surface area contributed by atoms with Gasteiger partial charge < -0.3 is 10.1 Å². The minimum Gasteiger partial charge on any atom is -0.491 e. The Morgan fingerprint density at radius 1 is 1.38 bits per heavy atom. The smallest absolute Gasteiger partial charge is 0.183 e. The number of fused-ring (bicyclic) bond motifs is 1. The molecule has 4 heteroatoms. The van der Waals surface area contributed by atoms with Gasteiger partial charge in [-0.3, -0.25) is 0 Å². The number of thiazole rings is 1. The molecule has 0 saturated heterocycles. The van der Waals surface area contributed by atoms with Crippen LogP contribution in [0.5, 0.6) is 5.75 Å². The quantitative estimate of drug-likeness (QED) is 0.887. The summed E-state index contributed by atoms with van der Waals surface area (Å²) in [6.07, 6.45) is 0. The maximum atomic E-state index is 5.68. The van der Waals surface area contributed by atoms with Gasteiger partial charge in [-0.1, -0.05) is 17.4 Å². The van der Waals surface area contributed by atoms with Gasteiger partial charge in [0.15, 0.2) is 5.13 Å². The van der Waals surface area contributed by atoms with Crippen LogP contribution in [-0.4, -0.2) is 18.6 Å². The van der Waals surface area contributed by atoms with Crippen molar-refractivity contribution in [2.24, 2.45) is 0 Å². The highest BCUT2D eigenvalue weighted by Crippen LogP contribution is 2.37. The molecule has 0 spiro atoms. The van der Waals surface area contributed by atoms with E-state index in [2.05, 4.69) is 30.2 Å². The zero-order valence-corrected chi connectivity index (χ0v) is 10.9. The molecule has 0 aliphatic heterocycles. The van der Waals surface area contributed by atoms with E-state index in [0.717, 1.165) is 22.0 Å². The van der Waals surface area contributed by atoms with E-state index in [4.69, 9.17) is 4.74 Å². The van der Waals surface area contributed by atoms with Gasteiger partial charge in [0, 0.05) is 7.05 Å². The number of hydrogen-bond donors (Lipinski definition) is 1. The fourth-order valence-corrected chi connectivity index (χ4v) is 2.70. The van der Waals surface area contributed by atoms with Crippen LogP contribution in [0.1, 0.15) is 18.1 Å². The van der Waals surface area contributed by atoms with Gasteiger partial charge in [0.2, 0.25) is 0 Å². The zero-order valence-electron chi connectivity index (χ0n) is 10.0. The summed E-state index contributed by atoms with van der Waals surface area (Å²) in [5.74, 6) is 0.917. The largest absolute Gasteiger partial charge is 0.491 e. The molecule has 0 aliphatic rings. The first-order valence-corrected chi connectivity index (χ1v) is 6.20. The highest BCUT2D eigenvalue weighted by Gasteiger charge is 2.13. The molecule has 0 radical (unpaired) electrons. The Kier molecular flexibility index (Phi) is 3.01. The molecule has 0 bridgehead atoms. The molecular formula is C12H16N2OS. The summed E-state index contributed by atoms with van der Waals surface area (Å²) >= 11 is 1.67. The third kappa shape index (κ3) is 1.73. The van der Waals surface area contributed by atoms with Gasteiger partial charge >= 0.3 is 0 Å². The van der Waals surface area contributed by atoms with Crippen molar-refractivity contribution >= 4 is 26.7 Å². The number of nitrogens with zero attached hydrogens (tertiary/aromatic N) is 1. The first-order valence-electron chi connectivity index (χ1n) is 5.38. The zero-order chi connectivity index (χ0) is 11.7. The summed E-state index contributed by atoms with van der Waals surface area (Å²) < 4.78 is 6.89. The number of ether oxygens (including phenoxy) is 1. The van der Waals surface area contributed by atoms with Crippen molar-refractivity contribution in [2.75, 3.05) is 19.0 Å². The average Bonchev–Trinajstić information content (AvgIpc) is 2.68. The summed E-state index contributed by atoms with van der Waals surface area (Å²) in [4.78, 5) is 4.55. The lowest BCUT2D eigenvalue weighted by atomic mass is 10.1. The van der Waals surface area contributed by atoms with Crippen LogP contribution < -0.4 is 10.1 Å². The third-order valence-electron chi connectivity index (χ3n) is 2.49. The fourth-order valence-electron chi connectivity index (χ4n) is 1.82. The molecule has 0 fully saturated rings. The molecule has 3 nitrogen and oxygen atoms in total. The fraction of sp³-hybridized carbons (Fsp3) is 0.417. The molecule has 1 aromatic heterocycles. The minimum atomic E-state index is 0.672. The molecule has 0 unspecified atom stereocenters. The van der Waals surface area contributed by atoms with E-state index in [0.29, 0.717) is 6.61 Å². The van der Waals surface area contributed by atoms with Crippen molar-refractivity contribution in [2.45, 2.75) is 20.8 Å². The Balaban J connectivity index is 2.72. The first-order chi connectivity index (χ1) is 7.67. The standard InChI is InChI=1S/C12H16N2OS/c1-5-15-10-7(2)6-8(3)11-9(10)14-12(13-4)16-11/h6H,5H2,1-4H3,(H,13,14). The number of anilines is 1. The minimum absolute atomic E-state index is 0.672. The van der Waals surface area contributed by atoms with Gasteiger partial charge in [-0.15, -0.1) is 0 Å². The molecule has 0 amide bonds. The van der Waals surface area contributed by atoms with Crippen molar-refractivity contribution < 1.29 is 4.74 Å². The van der Waals surface area contributed by atoms with Gasteiger partial charge in [-0.25, -0.2) is 4.98 Å². The van der Waals surface area contributed by atoms with E-state index < -0.39 is 0 Å². The summed E-state index contributed by atoms with van der Waals surface area (Å²) in [7, 11) is 1.89. The topological polar surface area (TPSA) is 34.1 Å². The SMILES string of the molecule is CCOc1c(C)cc(C)c2sc(NC)nc12. The van der Waals surface area contributed by atoms with Gasteiger partial charge in [-0.2, -0.15) is 0 Å². The second-order valence-electron chi connectivity index (χ2n) is 3.72. The van der Waals surface area contributed by atoms with E-state index in [9.17, 15) is 0 Å². The number of hydrogen-bond acceptors (Lipinski definition) is 4. The van der Waals surface area contributed by atoms with Crippen LogP contribution >= 0.6 is 11.3 Å². The van der Waals surface area contributed by atoms with Crippen LogP contribution in [0.15, 0.2) is 6.07 Å². The van der Waals surface area contributed by atoms with Crippen molar-refractivity contribution in [1.82, 2.24) is 4.98 Å². The number of aryl methyl sites for hydroxylation is 2. The number of nitrogens with one attached hydrogen (secondary N) is 1. The second-order valence-corrected chi connectivity index (χ2v) is 4.72. The first kappa shape index (κ1) is 11.2. The Hall–Kier alpha value is -1.29. The third-order valence-corrected chi connectivity index (χ3v) is 3.70. The Bertz CT molecular complexity index is 519.